The van der Waals surface area contributed by atoms with Crippen LogP contribution in [-0.4, -0.2) is 63.5 Å². The number of aryl methyl sites for hydroxylation is 1. The number of nitrogens with zero attached hydrogens (tertiary/aromatic N) is 3. The SMILES string of the molecule is Cc1csc(NC(=O)N2CC(N3C(C)CSCC3C)C2)n1. The van der Waals surface area contributed by atoms with Crippen molar-refractivity contribution >= 4 is 34.3 Å². The Kier molecular flexibility index (Phi) is 4.42. The fraction of sp³-hybridized carbons (Fsp3) is 0.714. The zero-order chi connectivity index (χ0) is 15.0. The van der Waals surface area contributed by atoms with Crippen molar-refractivity contribution in [1.29, 1.82) is 0 Å². The van der Waals surface area contributed by atoms with Crippen molar-refractivity contribution in [2.75, 3.05) is 29.9 Å². The molecule has 116 valence electrons. The summed E-state index contributed by atoms with van der Waals surface area (Å²) in [5, 5.41) is 5.52. The largest absolute Gasteiger partial charge is 0.323 e. The van der Waals surface area contributed by atoms with Gasteiger partial charge in [0.15, 0.2) is 5.13 Å². The number of carbonyl (C=O) groups excluding carboxylic acids is 1. The lowest BCUT2D eigenvalue weighted by Gasteiger charge is -2.51. The Balaban J connectivity index is 1.51. The molecule has 0 aromatic carbocycles. The minimum atomic E-state index is -0.0210. The van der Waals surface area contributed by atoms with Crippen LogP contribution in [0.15, 0.2) is 5.38 Å². The van der Waals surface area contributed by atoms with Gasteiger partial charge < -0.3 is 4.90 Å². The normalized spacial score (nSPS) is 27.5. The van der Waals surface area contributed by atoms with Gasteiger partial charge >= 0.3 is 6.03 Å². The standard InChI is InChI=1S/C14H22N4OS2/c1-9-6-21-13(15-9)16-14(19)17-4-12(5-17)18-10(2)7-20-8-11(18)3/h6,10-12H,4-5,7-8H2,1-3H3,(H,15,16,19). The lowest BCUT2D eigenvalue weighted by molar-refractivity contribution is 0.0199. The van der Waals surface area contributed by atoms with E-state index < -0.39 is 0 Å². The molecule has 2 saturated heterocycles. The van der Waals surface area contributed by atoms with Crippen LogP contribution in [0.4, 0.5) is 9.93 Å². The van der Waals surface area contributed by atoms with Crippen LogP contribution in [0.25, 0.3) is 0 Å². The van der Waals surface area contributed by atoms with E-state index in [-0.39, 0.29) is 6.03 Å². The third kappa shape index (κ3) is 3.19. The van der Waals surface area contributed by atoms with Gasteiger partial charge in [0.05, 0.1) is 5.69 Å². The van der Waals surface area contributed by atoms with Crippen LogP contribution in [0.2, 0.25) is 0 Å². The van der Waals surface area contributed by atoms with E-state index in [1.165, 1.54) is 22.8 Å². The van der Waals surface area contributed by atoms with Crippen LogP contribution in [0, 0.1) is 6.92 Å². The Bertz CT molecular complexity index is 505. The van der Waals surface area contributed by atoms with E-state index in [1.54, 1.807) is 0 Å². The Hall–Kier alpha value is -0.790. The monoisotopic (exact) mass is 326 g/mol. The predicted molar refractivity (Wildman–Crippen MR) is 89.3 cm³/mol. The summed E-state index contributed by atoms with van der Waals surface area (Å²) in [5.74, 6) is 2.40. The Morgan fingerprint density at radius 2 is 2.00 bits per heavy atom. The molecular formula is C14H22N4OS2. The van der Waals surface area contributed by atoms with Crippen LogP contribution in [-0.2, 0) is 0 Å². The Labute approximate surface area is 134 Å². The van der Waals surface area contributed by atoms with Gasteiger partial charge in [-0.05, 0) is 20.8 Å². The molecule has 0 radical (unpaired) electrons. The second-order valence-corrected chi connectivity index (χ2v) is 7.90. The van der Waals surface area contributed by atoms with Crippen molar-refractivity contribution in [3.63, 3.8) is 0 Å². The van der Waals surface area contributed by atoms with Crippen LogP contribution >= 0.6 is 23.1 Å². The summed E-state index contributed by atoms with van der Waals surface area (Å²) in [6, 6.07) is 1.71. The van der Waals surface area contributed by atoms with E-state index in [0.717, 1.165) is 18.8 Å². The molecule has 3 rings (SSSR count). The molecule has 0 bridgehead atoms. The maximum absolute atomic E-state index is 12.2. The second kappa shape index (κ2) is 6.14. The molecule has 3 heterocycles. The van der Waals surface area contributed by atoms with Gasteiger partial charge in [0.25, 0.3) is 0 Å². The predicted octanol–water partition coefficient (Wildman–Crippen LogP) is 2.49. The summed E-state index contributed by atoms with van der Waals surface area (Å²) in [5.41, 5.74) is 0.949. The lowest BCUT2D eigenvalue weighted by Crippen LogP contribution is -2.66. The molecule has 0 spiro atoms. The van der Waals surface area contributed by atoms with Gasteiger partial charge in [-0.25, -0.2) is 9.78 Å². The van der Waals surface area contributed by atoms with Crippen LogP contribution in [0.3, 0.4) is 0 Å². The molecule has 2 aliphatic rings. The number of thioether (sulfide) groups is 1. The van der Waals surface area contributed by atoms with E-state index in [0.29, 0.717) is 23.3 Å². The number of hydrogen-bond acceptors (Lipinski definition) is 5. The maximum Gasteiger partial charge on any atom is 0.323 e. The fourth-order valence-electron chi connectivity index (χ4n) is 3.13. The quantitative estimate of drug-likeness (QED) is 0.907. The number of amides is 2. The van der Waals surface area contributed by atoms with Crippen molar-refractivity contribution in [3.8, 4) is 0 Å². The van der Waals surface area contributed by atoms with E-state index in [2.05, 4.69) is 29.0 Å². The van der Waals surface area contributed by atoms with E-state index >= 15 is 0 Å². The maximum atomic E-state index is 12.2. The summed E-state index contributed by atoms with van der Waals surface area (Å²) in [4.78, 5) is 20.9. The molecule has 2 unspecified atom stereocenters. The van der Waals surface area contributed by atoms with Crippen molar-refractivity contribution in [2.45, 2.75) is 38.9 Å². The van der Waals surface area contributed by atoms with Gasteiger partial charge in [0.2, 0.25) is 0 Å². The molecule has 2 fully saturated rings. The number of carbonyl (C=O) groups is 1. The Morgan fingerprint density at radius 1 is 1.33 bits per heavy atom. The zero-order valence-electron chi connectivity index (χ0n) is 12.7. The number of aromatic nitrogens is 1. The fourth-order valence-corrected chi connectivity index (χ4v) is 4.97. The molecule has 2 amide bonds. The van der Waals surface area contributed by atoms with Gasteiger partial charge in [-0.1, -0.05) is 0 Å². The van der Waals surface area contributed by atoms with Gasteiger partial charge in [-0.15, -0.1) is 11.3 Å². The summed E-state index contributed by atoms with van der Waals surface area (Å²) in [6.07, 6.45) is 0. The highest BCUT2D eigenvalue weighted by Gasteiger charge is 2.40. The van der Waals surface area contributed by atoms with Gasteiger partial charge in [-0.2, -0.15) is 11.8 Å². The molecule has 0 aliphatic carbocycles. The third-order valence-electron chi connectivity index (χ3n) is 4.14. The number of nitrogens with one attached hydrogen (secondary N) is 1. The molecule has 0 saturated carbocycles. The molecule has 7 heteroatoms. The van der Waals surface area contributed by atoms with E-state index in [9.17, 15) is 4.79 Å². The number of rotatable bonds is 2. The first-order valence-corrected chi connectivity index (χ1v) is 9.41. The first-order valence-electron chi connectivity index (χ1n) is 7.38. The Morgan fingerprint density at radius 3 is 2.57 bits per heavy atom. The number of hydrogen-bond donors (Lipinski definition) is 1. The topological polar surface area (TPSA) is 48.5 Å². The number of urea groups is 1. The van der Waals surface area contributed by atoms with Gasteiger partial charge in [0.1, 0.15) is 0 Å². The van der Waals surface area contributed by atoms with Crippen molar-refractivity contribution < 1.29 is 4.79 Å². The van der Waals surface area contributed by atoms with Crippen LogP contribution < -0.4 is 5.32 Å². The van der Waals surface area contributed by atoms with Crippen LogP contribution in [0.1, 0.15) is 19.5 Å². The molecule has 1 aromatic heterocycles. The molecule has 2 aliphatic heterocycles. The smallest absolute Gasteiger partial charge is 0.321 e. The first kappa shape index (κ1) is 15.1. The summed E-state index contributed by atoms with van der Waals surface area (Å²) in [7, 11) is 0. The molecule has 2 atom stereocenters. The highest BCUT2D eigenvalue weighted by Crippen LogP contribution is 2.28. The molecule has 21 heavy (non-hydrogen) atoms. The minimum Gasteiger partial charge on any atom is -0.321 e. The zero-order valence-corrected chi connectivity index (χ0v) is 14.3. The van der Waals surface area contributed by atoms with Crippen LogP contribution in [0.5, 0.6) is 0 Å². The van der Waals surface area contributed by atoms with Crippen molar-refractivity contribution in [3.05, 3.63) is 11.1 Å². The highest BCUT2D eigenvalue weighted by atomic mass is 32.2. The highest BCUT2D eigenvalue weighted by molar-refractivity contribution is 7.99. The second-order valence-electron chi connectivity index (χ2n) is 5.97. The van der Waals surface area contributed by atoms with E-state index in [4.69, 9.17) is 0 Å². The number of anilines is 1. The van der Waals surface area contributed by atoms with Gasteiger partial charge in [0, 0.05) is 48.1 Å². The van der Waals surface area contributed by atoms with Gasteiger partial charge in [-0.3, -0.25) is 10.2 Å². The molecule has 5 nitrogen and oxygen atoms in total. The molecular weight excluding hydrogens is 304 g/mol. The average molecular weight is 326 g/mol. The summed E-state index contributed by atoms with van der Waals surface area (Å²) >= 11 is 3.51. The summed E-state index contributed by atoms with van der Waals surface area (Å²) in [6.45, 7) is 8.18. The average Bonchev–Trinajstić information content (AvgIpc) is 2.76. The summed E-state index contributed by atoms with van der Waals surface area (Å²) < 4.78 is 0. The minimum absolute atomic E-state index is 0.0210. The number of likely N-dealkylation sites (tertiary alicyclic amines) is 1. The lowest BCUT2D eigenvalue weighted by atomic mass is 10.0. The molecule has 1 N–H and O–H groups in total. The third-order valence-corrected chi connectivity index (χ3v) is 6.45. The van der Waals surface area contributed by atoms with Crippen molar-refractivity contribution in [2.24, 2.45) is 0 Å². The number of thiazole rings is 1. The first-order chi connectivity index (χ1) is 10.0. The molecule has 1 aromatic rings. The van der Waals surface area contributed by atoms with Crippen molar-refractivity contribution in [1.82, 2.24) is 14.8 Å². The van der Waals surface area contributed by atoms with E-state index in [1.807, 2.05) is 29.0 Å².